The van der Waals surface area contributed by atoms with Crippen molar-refractivity contribution in [3.63, 3.8) is 0 Å². The highest BCUT2D eigenvalue weighted by atomic mass is 16.5. The molecule has 0 aliphatic rings. The highest BCUT2D eigenvalue weighted by molar-refractivity contribution is 5.38. The van der Waals surface area contributed by atoms with Gasteiger partial charge in [0, 0.05) is 0 Å². The van der Waals surface area contributed by atoms with E-state index >= 15 is 0 Å². The smallest absolute Gasteiger partial charge is 0.123 e. The number of hydrogen-bond acceptors (Lipinski definition) is 1. The quantitative estimate of drug-likeness (QED) is 0.730. The highest BCUT2D eigenvalue weighted by Crippen LogP contribution is 2.31. The van der Waals surface area contributed by atoms with Crippen LogP contribution in [0, 0.1) is 5.41 Å². The molecular weight excluding hydrogens is 208 g/mol. The summed E-state index contributed by atoms with van der Waals surface area (Å²) in [5, 5.41) is 0. The Hall–Kier alpha value is -0.980. The first-order valence-electron chi connectivity index (χ1n) is 6.42. The van der Waals surface area contributed by atoms with Gasteiger partial charge in [-0.3, -0.25) is 0 Å². The molecule has 0 heterocycles. The van der Waals surface area contributed by atoms with E-state index < -0.39 is 0 Å². The van der Waals surface area contributed by atoms with Crippen LogP contribution in [0.15, 0.2) is 24.3 Å². The molecule has 0 saturated heterocycles. The molecule has 1 aromatic rings. The Bertz CT molecular complexity index is 353. The van der Waals surface area contributed by atoms with Crippen molar-refractivity contribution >= 4 is 0 Å². The molecule has 0 amide bonds. The normalized spacial score (nSPS) is 12.6. The summed E-state index contributed by atoms with van der Waals surface area (Å²) < 4.78 is 5.94. The van der Waals surface area contributed by atoms with Gasteiger partial charge in [0.05, 0.1) is 6.61 Å². The van der Waals surface area contributed by atoms with E-state index in [0.717, 1.165) is 18.8 Å². The van der Waals surface area contributed by atoms with Crippen LogP contribution in [0.1, 0.15) is 53.5 Å². The van der Waals surface area contributed by atoms with Crippen molar-refractivity contribution in [2.75, 3.05) is 6.61 Å². The molecule has 0 fully saturated rings. The van der Waals surface area contributed by atoms with E-state index in [-0.39, 0.29) is 5.41 Å². The summed E-state index contributed by atoms with van der Waals surface area (Å²) >= 11 is 0. The van der Waals surface area contributed by atoms with E-state index in [4.69, 9.17) is 4.74 Å². The number of hydrogen-bond donors (Lipinski definition) is 0. The van der Waals surface area contributed by atoms with Crippen LogP contribution in [0.25, 0.3) is 0 Å². The van der Waals surface area contributed by atoms with Gasteiger partial charge >= 0.3 is 0 Å². The van der Waals surface area contributed by atoms with E-state index in [9.17, 15) is 0 Å². The largest absolute Gasteiger partial charge is 0.493 e. The van der Waals surface area contributed by atoms with E-state index in [2.05, 4.69) is 59.7 Å². The Morgan fingerprint density at radius 1 is 0.941 bits per heavy atom. The lowest BCUT2D eigenvalue weighted by molar-refractivity contribution is 0.239. The van der Waals surface area contributed by atoms with Crippen LogP contribution < -0.4 is 4.74 Å². The molecule has 0 radical (unpaired) electrons. The van der Waals surface area contributed by atoms with Gasteiger partial charge in [0.15, 0.2) is 0 Å². The lowest BCUT2D eigenvalue weighted by atomic mass is 9.86. The summed E-state index contributed by atoms with van der Waals surface area (Å²) in [5.74, 6) is 1.03. The van der Waals surface area contributed by atoms with Gasteiger partial charge in [0.2, 0.25) is 0 Å². The molecule has 1 aromatic carbocycles. The predicted molar refractivity (Wildman–Crippen MR) is 74.7 cm³/mol. The molecule has 17 heavy (non-hydrogen) atoms. The molecular formula is C16H26O. The first-order chi connectivity index (χ1) is 7.70. The fourth-order valence-corrected chi connectivity index (χ4v) is 1.68. The Labute approximate surface area is 106 Å². The van der Waals surface area contributed by atoms with Gasteiger partial charge in [0.1, 0.15) is 5.75 Å². The van der Waals surface area contributed by atoms with Gasteiger partial charge < -0.3 is 4.74 Å². The molecule has 96 valence electrons. The van der Waals surface area contributed by atoms with E-state index in [1.54, 1.807) is 0 Å². The van der Waals surface area contributed by atoms with Crippen molar-refractivity contribution in [2.45, 2.75) is 53.4 Å². The van der Waals surface area contributed by atoms with Crippen molar-refractivity contribution in [2.24, 2.45) is 5.41 Å². The van der Waals surface area contributed by atoms with Gasteiger partial charge in [-0.05, 0) is 28.9 Å². The average molecular weight is 234 g/mol. The van der Waals surface area contributed by atoms with Gasteiger partial charge in [-0.2, -0.15) is 0 Å². The summed E-state index contributed by atoms with van der Waals surface area (Å²) in [6.45, 7) is 14.2. The topological polar surface area (TPSA) is 9.23 Å². The van der Waals surface area contributed by atoms with Crippen LogP contribution in [-0.4, -0.2) is 6.61 Å². The molecule has 1 heteroatoms. The van der Waals surface area contributed by atoms with Crippen LogP contribution >= 0.6 is 0 Å². The Morgan fingerprint density at radius 2 is 1.53 bits per heavy atom. The zero-order valence-corrected chi connectivity index (χ0v) is 12.1. The second-order valence-electron chi connectivity index (χ2n) is 6.91. The van der Waals surface area contributed by atoms with Gasteiger partial charge in [-0.25, -0.2) is 0 Å². The van der Waals surface area contributed by atoms with Crippen molar-refractivity contribution < 1.29 is 4.74 Å². The number of rotatable bonds is 3. The lowest BCUT2D eigenvalue weighted by Gasteiger charge is -2.24. The lowest BCUT2D eigenvalue weighted by Crippen LogP contribution is -2.15. The molecule has 0 unspecified atom stereocenters. The second-order valence-corrected chi connectivity index (χ2v) is 6.91. The number of para-hydroxylation sites is 1. The summed E-state index contributed by atoms with van der Waals surface area (Å²) in [6.07, 6.45) is 1.07. The SMILES string of the molecule is CC(C)(C)CCOc1ccccc1C(C)(C)C. The number of ether oxygens (including phenoxy) is 1. The summed E-state index contributed by atoms with van der Waals surface area (Å²) in [7, 11) is 0. The molecule has 0 aliphatic heterocycles. The Morgan fingerprint density at radius 3 is 2.06 bits per heavy atom. The minimum atomic E-state index is 0.137. The third kappa shape index (κ3) is 4.80. The summed E-state index contributed by atoms with van der Waals surface area (Å²) in [6, 6.07) is 8.36. The Balaban J connectivity index is 2.72. The average Bonchev–Trinajstić information content (AvgIpc) is 2.15. The van der Waals surface area contributed by atoms with Crippen LogP contribution in [-0.2, 0) is 5.41 Å². The van der Waals surface area contributed by atoms with E-state index in [0.29, 0.717) is 5.41 Å². The molecule has 0 atom stereocenters. The van der Waals surface area contributed by atoms with Gasteiger partial charge in [-0.15, -0.1) is 0 Å². The second kappa shape index (κ2) is 5.12. The molecule has 1 nitrogen and oxygen atoms in total. The van der Waals surface area contributed by atoms with Crippen molar-refractivity contribution in [1.29, 1.82) is 0 Å². The molecule has 1 rings (SSSR count). The first kappa shape index (κ1) is 14.1. The van der Waals surface area contributed by atoms with Crippen LogP contribution in [0.5, 0.6) is 5.75 Å². The van der Waals surface area contributed by atoms with Crippen LogP contribution in [0.3, 0.4) is 0 Å². The van der Waals surface area contributed by atoms with Crippen molar-refractivity contribution in [1.82, 2.24) is 0 Å². The minimum Gasteiger partial charge on any atom is -0.493 e. The van der Waals surface area contributed by atoms with Gasteiger partial charge in [-0.1, -0.05) is 59.7 Å². The maximum atomic E-state index is 5.94. The fourth-order valence-electron chi connectivity index (χ4n) is 1.68. The Kier molecular flexibility index (Phi) is 4.24. The van der Waals surface area contributed by atoms with E-state index in [1.807, 2.05) is 6.07 Å². The summed E-state index contributed by atoms with van der Waals surface area (Å²) in [4.78, 5) is 0. The zero-order valence-electron chi connectivity index (χ0n) is 12.1. The van der Waals surface area contributed by atoms with Crippen molar-refractivity contribution in [3.05, 3.63) is 29.8 Å². The molecule has 0 saturated carbocycles. The maximum absolute atomic E-state index is 5.94. The molecule has 0 N–H and O–H groups in total. The van der Waals surface area contributed by atoms with Crippen molar-refractivity contribution in [3.8, 4) is 5.75 Å². The predicted octanol–water partition coefficient (Wildman–Crippen LogP) is 4.80. The zero-order chi connectivity index (χ0) is 13.1. The third-order valence-electron chi connectivity index (χ3n) is 2.80. The fraction of sp³-hybridized carbons (Fsp3) is 0.625. The standard InChI is InChI=1S/C16H26O/c1-15(2,3)11-12-17-14-10-8-7-9-13(14)16(4,5)6/h7-10H,11-12H2,1-6H3. The maximum Gasteiger partial charge on any atom is 0.123 e. The third-order valence-corrected chi connectivity index (χ3v) is 2.80. The first-order valence-corrected chi connectivity index (χ1v) is 6.42. The molecule has 0 bridgehead atoms. The van der Waals surface area contributed by atoms with E-state index in [1.165, 1.54) is 5.56 Å². The number of benzene rings is 1. The molecule has 0 aromatic heterocycles. The minimum absolute atomic E-state index is 0.137. The van der Waals surface area contributed by atoms with Crippen LogP contribution in [0.2, 0.25) is 0 Å². The van der Waals surface area contributed by atoms with Gasteiger partial charge in [0.25, 0.3) is 0 Å². The monoisotopic (exact) mass is 234 g/mol. The summed E-state index contributed by atoms with van der Waals surface area (Å²) in [5.41, 5.74) is 1.75. The highest BCUT2D eigenvalue weighted by Gasteiger charge is 2.18. The molecule has 0 spiro atoms. The molecule has 0 aliphatic carbocycles. The van der Waals surface area contributed by atoms with Crippen LogP contribution in [0.4, 0.5) is 0 Å².